The van der Waals surface area contributed by atoms with Gasteiger partial charge in [-0.15, -0.1) is 0 Å². The normalized spacial score (nSPS) is 22.0. The average molecular weight is 345 g/mol. The summed E-state index contributed by atoms with van der Waals surface area (Å²) in [6.07, 6.45) is 5.44. The first-order valence-corrected chi connectivity index (χ1v) is 9.91. The summed E-state index contributed by atoms with van der Waals surface area (Å²) in [7, 11) is -0.888. The monoisotopic (exact) mass is 345 g/mol. The average Bonchev–Trinajstić information content (AvgIpc) is 3.22. The van der Waals surface area contributed by atoms with E-state index in [9.17, 15) is 4.21 Å². The van der Waals surface area contributed by atoms with E-state index in [1.165, 1.54) is 5.56 Å². The Hall–Kier alpha value is -1.60. The number of rotatable bonds is 4. The largest absolute Gasteiger partial charge is 0.369 e. The molecule has 2 aromatic rings. The van der Waals surface area contributed by atoms with Crippen LogP contribution >= 0.6 is 0 Å². The Kier molecular flexibility index (Phi) is 4.22. The maximum absolute atomic E-state index is 12.5. The Balaban J connectivity index is 1.66. The van der Waals surface area contributed by atoms with Gasteiger partial charge >= 0.3 is 0 Å². The minimum absolute atomic E-state index is 0.318. The van der Waals surface area contributed by atoms with Crippen LogP contribution in [0.25, 0.3) is 10.9 Å². The molecule has 6 nitrogen and oxygen atoms in total. The lowest BCUT2D eigenvalue weighted by Crippen LogP contribution is -2.27. The molecule has 0 aliphatic carbocycles. The number of fused-ring (bicyclic) bond motifs is 3. The second-order valence-electron chi connectivity index (χ2n) is 7.04. The van der Waals surface area contributed by atoms with Gasteiger partial charge in [-0.2, -0.15) is 0 Å². The quantitative estimate of drug-likeness (QED) is 0.919. The summed E-state index contributed by atoms with van der Waals surface area (Å²) >= 11 is 0. The molecule has 1 N–H and O–H groups in total. The maximum Gasteiger partial charge on any atom is 0.130 e. The van der Waals surface area contributed by atoms with E-state index in [1.807, 2.05) is 6.20 Å². The summed E-state index contributed by atoms with van der Waals surface area (Å²) in [5.41, 5.74) is 3.26. The predicted octanol–water partition coefficient (Wildman–Crippen LogP) is 2.10. The van der Waals surface area contributed by atoms with Gasteiger partial charge in [-0.25, -0.2) is 23.5 Å². The molecular formula is C17H23N5OS. The minimum Gasteiger partial charge on any atom is -0.369 e. The fraction of sp³-hybridized carbons (Fsp3) is 0.588. The van der Waals surface area contributed by atoms with Gasteiger partial charge in [0.15, 0.2) is 0 Å². The zero-order valence-electron chi connectivity index (χ0n) is 14.2. The molecular weight excluding hydrogens is 322 g/mol. The third kappa shape index (κ3) is 2.80. The van der Waals surface area contributed by atoms with Gasteiger partial charge in [0, 0.05) is 42.3 Å². The SMILES string of the molecule is CC(C)CS(=O)N1CCC(c2ncnc3cnc4c(c23)CCN4)C1. The van der Waals surface area contributed by atoms with Crippen LogP contribution in [-0.2, 0) is 17.4 Å². The summed E-state index contributed by atoms with van der Waals surface area (Å²) in [6, 6.07) is 0. The number of hydrogen-bond acceptors (Lipinski definition) is 5. The highest BCUT2D eigenvalue weighted by molar-refractivity contribution is 7.82. The van der Waals surface area contributed by atoms with Crippen molar-refractivity contribution in [1.29, 1.82) is 0 Å². The highest BCUT2D eigenvalue weighted by Crippen LogP contribution is 2.35. The van der Waals surface area contributed by atoms with Crippen molar-refractivity contribution in [3.63, 3.8) is 0 Å². The van der Waals surface area contributed by atoms with Gasteiger partial charge in [-0.05, 0) is 18.8 Å². The van der Waals surface area contributed by atoms with Crippen molar-refractivity contribution >= 4 is 27.7 Å². The lowest BCUT2D eigenvalue weighted by molar-refractivity contribution is 0.520. The first-order valence-electron chi connectivity index (χ1n) is 8.63. The summed E-state index contributed by atoms with van der Waals surface area (Å²) in [6.45, 7) is 6.85. The molecule has 0 radical (unpaired) electrons. The summed E-state index contributed by atoms with van der Waals surface area (Å²) in [5, 5.41) is 4.49. The Morgan fingerprint density at radius 2 is 2.25 bits per heavy atom. The van der Waals surface area contributed by atoms with Crippen molar-refractivity contribution in [3.05, 3.63) is 23.8 Å². The first kappa shape index (κ1) is 15.9. The van der Waals surface area contributed by atoms with Gasteiger partial charge < -0.3 is 5.32 Å². The number of hydrogen-bond donors (Lipinski definition) is 1. The lowest BCUT2D eigenvalue weighted by Gasteiger charge is -2.17. The van der Waals surface area contributed by atoms with E-state index in [4.69, 9.17) is 0 Å². The number of pyridine rings is 1. The molecule has 2 unspecified atom stereocenters. The van der Waals surface area contributed by atoms with E-state index in [-0.39, 0.29) is 0 Å². The molecule has 7 heteroatoms. The second-order valence-corrected chi connectivity index (χ2v) is 8.53. The molecule has 1 fully saturated rings. The highest BCUT2D eigenvalue weighted by Gasteiger charge is 2.31. The molecule has 2 aliphatic rings. The Morgan fingerprint density at radius 3 is 3.08 bits per heavy atom. The molecule has 2 aliphatic heterocycles. The van der Waals surface area contributed by atoms with Crippen LogP contribution in [0.15, 0.2) is 12.5 Å². The molecule has 4 heterocycles. The van der Waals surface area contributed by atoms with E-state index in [0.29, 0.717) is 11.8 Å². The zero-order valence-corrected chi connectivity index (χ0v) is 15.0. The summed E-state index contributed by atoms with van der Waals surface area (Å²) in [5.74, 6) is 2.47. The maximum atomic E-state index is 12.5. The standard InChI is InChI=1S/C17H23N5OS/c1-11(2)9-24(23)22-6-4-12(8-22)16-15-13-3-5-18-17(13)19-7-14(15)20-10-21-16/h7,10-12H,3-6,8-9H2,1-2H3,(H,18,19). The first-order chi connectivity index (χ1) is 11.6. The van der Waals surface area contributed by atoms with Crippen LogP contribution in [0, 0.1) is 5.92 Å². The minimum atomic E-state index is -0.888. The third-order valence-corrected chi connectivity index (χ3v) is 6.64. The van der Waals surface area contributed by atoms with Crippen LogP contribution in [0.5, 0.6) is 0 Å². The van der Waals surface area contributed by atoms with Crippen molar-refractivity contribution in [2.45, 2.75) is 32.6 Å². The molecule has 128 valence electrons. The number of aromatic nitrogens is 3. The Labute approximate surface area is 144 Å². The second kappa shape index (κ2) is 6.37. The lowest BCUT2D eigenvalue weighted by atomic mass is 9.97. The van der Waals surface area contributed by atoms with Crippen LogP contribution in [0.4, 0.5) is 5.82 Å². The van der Waals surface area contributed by atoms with Gasteiger partial charge in [0.2, 0.25) is 0 Å². The van der Waals surface area contributed by atoms with Crippen LogP contribution in [0.2, 0.25) is 0 Å². The van der Waals surface area contributed by atoms with Crippen molar-refractivity contribution in [1.82, 2.24) is 19.3 Å². The Bertz CT molecular complexity index is 794. The van der Waals surface area contributed by atoms with Gasteiger partial charge in [-0.1, -0.05) is 13.8 Å². The fourth-order valence-corrected chi connectivity index (χ4v) is 5.12. The molecule has 2 aromatic heterocycles. The summed E-state index contributed by atoms with van der Waals surface area (Å²) < 4.78 is 14.6. The molecule has 24 heavy (non-hydrogen) atoms. The van der Waals surface area contributed by atoms with E-state index in [1.54, 1.807) is 6.33 Å². The van der Waals surface area contributed by atoms with Crippen LogP contribution in [0.1, 0.15) is 37.4 Å². The summed E-state index contributed by atoms with van der Waals surface area (Å²) in [4.78, 5) is 13.5. The van der Waals surface area contributed by atoms with Crippen LogP contribution in [0.3, 0.4) is 0 Å². The van der Waals surface area contributed by atoms with Crippen molar-refractivity contribution < 1.29 is 4.21 Å². The predicted molar refractivity (Wildman–Crippen MR) is 96.3 cm³/mol. The van der Waals surface area contributed by atoms with Crippen LogP contribution in [-0.4, -0.2) is 48.9 Å². The number of nitrogens with zero attached hydrogens (tertiary/aromatic N) is 4. The van der Waals surface area contributed by atoms with Gasteiger partial charge in [0.1, 0.15) is 12.1 Å². The fourth-order valence-electron chi connectivity index (χ4n) is 3.68. The van der Waals surface area contributed by atoms with E-state index >= 15 is 0 Å². The zero-order chi connectivity index (χ0) is 16.7. The molecule has 0 aromatic carbocycles. The van der Waals surface area contributed by atoms with Crippen molar-refractivity contribution in [2.24, 2.45) is 5.92 Å². The molecule has 0 spiro atoms. The third-order valence-electron chi connectivity index (χ3n) is 4.78. The molecule has 0 bridgehead atoms. The van der Waals surface area contributed by atoms with Crippen LogP contribution < -0.4 is 5.32 Å². The Morgan fingerprint density at radius 1 is 1.38 bits per heavy atom. The molecule has 2 atom stereocenters. The van der Waals surface area contributed by atoms with E-state index in [0.717, 1.165) is 60.6 Å². The molecule has 0 amide bonds. The smallest absolute Gasteiger partial charge is 0.130 e. The topological polar surface area (TPSA) is 71.0 Å². The molecule has 4 rings (SSSR count). The number of anilines is 1. The van der Waals surface area contributed by atoms with Gasteiger partial charge in [-0.3, -0.25) is 0 Å². The van der Waals surface area contributed by atoms with Crippen molar-refractivity contribution in [3.8, 4) is 0 Å². The van der Waals surface area contributed by atoms with Gasteiger partial charge in [0.05, 0.1) is 28.4 Å². The van der Waals surface area contributed by atoms with E-state index < -0.39 is 11.0 Å². The van der Waals surface area contributed by atoms with E-state index in [2.05, 4.69) is 38.4 Å². The van der Waals surface area contributed by atoms with Crippen molar-refractivity contribution in [2.75, 3.05) is 30.7 Å². The number of nitrogens with one attached hydrogen (secondary N) is 1. The molecule has 0 saturated carbocycles. The highest BCUT2D eigenvalue weighted by atomic mass is 32.2. The molecule has 1 saturated heterocycles. The van der Waals surface area contributed by atoms with Gasteiger partial charge in [0.25, 0.3) is 0 Å².